The van der Waals surface area contributed by atoms with Crippen LogP contribution in [-0.4, -0.2) is 36.7 Å². The van der Waals surface area contributed by atoms with E-state index in [2.05, 4.69) is 20.2 Å². The van der Waals surface area contributed by atoms with Gasteiger partial charge in [-0.3, -0.25) is 0 Å². The number of sulfonamides is 1. The molecule has 0 fully saturated rings. The number of para-hydroxylation sites is 1. The fourth-order valence-electron chi connectivity index (χ4n) is 1.40. The molecular weight excluding hydrogens is 328 g/mol. The lowest BCUT2D eigenvalue weighted by Crippen LogP contribution is -2.27. The van der Waals surface area contributed by atoms with E-state index in [9.17, 15) is 8.42 Å². The molecule has 0 bridgehead atoms. The minimum Gasteiger partial charge on any atom is -0.330 e. The number of nitrogens with one attached hydrogen (secondary N) is 2. The molecule has 1 aromatic heterocycles. The minimum atomic E-state index is -3.12. The molecule has 9 heteroatoms. The van der Waals surface area contributed by atoms with Crippen LogP contribution in [0.3, 0.4) is 0 Å². The van der Waals surface area contributed by atoms with Gasteiger partial charge < -0.3 is 5.32 Å². The second-order valence-corrected chi connectivity index (χ2v) is 8.43. The van der Waals surface area contributed by atoms with Crippen LogP contribution in [0.5, 0.6) is 0 Å². The molecule has 0 atom stereocenters. The Bertz CT molecular complexity index is 658. The Morgan fingerprint density at radius 2 is 2.00 bits per heavy atom. The normalized spacial score (nSPS) is 11.5. The van der Waals surface area contributed by atoms with Crippen molar-refractivity contribution >= 4 is 43.9 Å². The van der Waals surface area contributed by atoms with Crippen LogP contribution in [0.25, 0.3) is 0 Å². The first-order valence-electron chi connectivity index (χ1n) is 6.35. The van der Waals surface area contributed by atoms with Crippen LogP contribution in [0.1, 0.15) is 6.92 Å². The van der Waals surface area contributed by atoms with Gasteiger partial charge in [0.2, 0.25) is 15.2 Å². The number of thioether (sulfide) groups is 1. The zero-order valence-corrected chi connectivity index (χ0v) is 13.9. The second kappa shape index (κ2) is 7.74. The number of aromatic nitrogens is 2. The Labute approximate surface area is 132 Å². The van der Waals surface area contributed by atoms with Gasteiger partial charge in [0.05, 0.1) is 5.75 Å². The molecule has 0 spiro atoms. The van der Waals surface area contributed by atoms with Crippen LogP contribution in [0.4, 0.5) is 10.8 Å². The van der Waals surface area contributed by atoms with Gasteiger partial charge in [-0.1, -0.05) is 41.3 Å². The third-order valence-electron chi connectivity index (χ3n) is 2.46. The molecule has 0 aliphatic carbocycles. The van der Waals surface area contributed by atoms with E-state index < -0.39 is 10.0 Å². The predicted molar refractivity (Wildman–Crippen MR) is 87.8 cm³/mol. The zero-order chi connectivity index (χ0) is 15.1. The van der Waals surface area contributed by atoms with Gasteiger partial charge in [0.15, 0.2) is 4.34 Å². The first-order chi connectivity index (χ1) is 10.1. The predicted octanol–water partition coefficient (Wildman–Crippen LogP) is 2.31. The Balaban J connectivity index is 1.78. The molecule has 1 aromatic carbocycles. The quantitative estimate of drug-likeness (QED) is 0.565. The number of anilines is 2. The molecule has 2 N–H and O–H groups in total. The lowest BCUT2D eigenvalue weighted by molar-refractivity contribution is 0.585. The van der Waals surface area contributed by atoms with Crippen molar-refractivity contribution in [3.05, 3.63) is 30.3 Å². The molecule has 2 aromatic rings. The van der Waals surface area contributed by atoms with Gasteiger partial charge in [-0.2, -0.15) is 0 Å². The van der Waals surface area contributed by atoms with Crippen molar-refractivity contribution in [2.24, 2.45) is 0 Å². The van der Waals surface area contributed by atoms with Crippen molar-refractivity contribution in [2.45, 2.75) is 11.3 Å². The Morgan fingerprint density at radius 1 is 1.24 bits per heavy atom. The number of hydrogen-bond donors (Lipinski definition) is 2. The average Bonchev–Trinajstić information content (AvgIpc) is 2.92. The Hall–Kier alpha value is -1.16. The lowest BCUT2D eigenvalue weighted by Gasteiger charge is -2.02. The summed E-state index contributed by atoms with van der Waals surface area (Å²) in [5.41, 5.74) is 0.959. The van der Waals surface area contributed by atoms with Gasteiger partial charge in [-0.25, -0.2) is 13.1 Å². The molecule has 0 aliphatic rings. The summed E-state index contributed by atoms with van der Waals surface area (Å²) in [5.74, 6) is 0.723. The molecule has 1 heterocycles. The first kappa shape index (κ1) is 16.2. The highest BCUT2D eigenvalue weighted by Crippen LogP contribution is 2.27. The van der Waals surface area contributed by atoms with E-state index in [1.165, 1.54) is 23.1 Å². The molecule has 0 amide bonds. The van der Waals surface area contributed by atoms with Crippen molar-refractivity contribution in [1.82, 2.24) is 14.9 Å². The van der Waals surface area contributed by atoms with E-state index in [1.54, 1.807) is 6.92 Å². The van der Waals surface area contributed by atoms with E-state index >= 15 is 0 Å². The summed E-state index contributed by atoms with van der Waals surface area (Å²) in [7, 11) is -3.12. The summed E-state index contributed by atoms with van der Waals surface area (Å²) in [6.07, 6.45) is 0. The standard InChI is InChI=1S/C12H16N4O2S3/c1-2-21(17,18)13-8-9-19-12-16-15-11(20-12)14-10-6-4-3-5-7-10/h3-7,13H,2,8-9H2,1H3,(H,14,15). The number of nitrogens with zero attached hydrogens (tertiary/aromatic N) is 2. The van der Waals surface area contributed by atoms with E-state index in [0.29, 0.717) is 12.3 Å². The molecule has 0 saturated heterocycles. The summed E-state index contributed by atoms with van der Waals surface area (Å²) < 4.78 is 25.9. The maximum Gasteiger partial charge on any atom is 0.211 e. The highest BCUT2D eigenvalue weighted by atomic mass is 32.2. The zero-order valence-electron chi connectivity index (χ0n) is 11.4. The summed E-state index contributed by atoms with van der Waals surface area (Å²) in [6.45, 7) is 2.00. The van der Waals surface area contributed by atoms with E-state index in [4.69, 9.17) is 0 Å². The third kappa shape index (κ3) is 5.62. The maximum absolute atomic E-state index is 11.3. The third-order valence-corrected chi connectivity index (χ3v) is 5.84. The van der Waals surface area contributed by atoms with E-state index in [1.807, 2.05) is 30.3 Å². The lowest BCUT2D eigenvalue weighted by atomic mass is 10.3. The topological polar surface area (TPSA) is 84.0 Å². The van der Waals surface area contributed by atoms with Crippen LogP contribution < -0.4 is 10.0 Å². The second-order valence-electron chi connectivity index (χ2n) is 4.01. The molecule has 0 unspecified atom stereocenters. The fraction of sp³-hybridized carbons (Fsp3) is 0.333. The van der Waals surface area contributed by atoms with Crippen LogP contribution in [0, 0.1) is 0 Å². The highest BCUT2D eigenvalue weighted by molar-refractivity contribution is 8.01. The molecule has 21 heavy (non-hydrogen) atoms. The van der Waals surface area contributed by atoms with Crippen molar-refractivity contribution in [3.8, 4) is 0 Å². The van der Waals surface area contributed by atoms with Gasteiger partial charge in [0, 0.05) is 18.0 Å². The Morgan fingerprint density at radius 3 is 2.71 bits per heavy atom. The molecule has 0 aliphatic heterocycles. The van der Waals surface area contributed by atoms with Gasteiger partial charge >= 0.3 is 0 Å². The summed E-state index contributed by atoms with van der Waals surface area (Å²) in [5, 5.41) is 12.0. The molecule has 0 radical (unpaired) electrons. The molecule has 6 nitrogen and oxygen atoms in total. The SMILES string of the molecule is CCS(=O)(=O)NCCSc1nnc(Nc2ccccc2)s1. The highest BCUT2D eigenvalue weighted by Gasteiger charge is 2.07. The van der Waals surface area contributed by atoms with Crippen LogP contribution in [0.15, 0.2) is 34.7 Å². The van der Waals surface area contributed by atoms with Crippen LogP contribution >= 0.6 is 23.1 Å². The summed E-state index contributed by atoms with van der Waals surface area (Å²) in [4.78, 5) is 0. The minimum absolute atomic E-state index is 0.0988. The molecule has 114 valence electrons. The number of benzene rings is 1. The van der Waals surface area contributed by atoms with Gasteiger partial charge in [-0.15, -0.1) is 10.2 Å². The van der Waals surface area contributed by atoms with E-state index in [0.717, 1.165) is 15.2 Å². The molecule has 0 saturated carbocycles. The van der Waals surface area contributed by atoms with Crippen molar-refractivity contribution in [1.29, 1.82) is 0 Å². The summed E-state index contributed by atoms with van der Waals surface area (Å²) in [6, 6.07) is 9.74. The monoisotopic (exact) mass is 344 g/mol. The van der Waals surface area contributed by atoms with Gasteiger partial charge in [0.1, 0.15) is 0 Å². The van der Waals surface area contributed by atoms with Crippen molar-refractivity contribution < 1.29 is 8.42 Å². The van der Waals surface area contributed by atoms with Crippen molar-refractivity contribution in [3.63, 3.8) is 0 Å². The molecular formula is C12H16N4O2S3. The summed E-state index contributed by atoms with van der Waals surface area (Å²) >= 11 is 2.92. The average molecular weight is 344 g/mol. The van der Waals surface area contributed by atoms with Crippen LogP contribution in [0.2, 0.25) is 0 Å². The molecule has 2 rings (SSSR count). The van der Waals surface area contributed by atoms with E-state index in [-0.39, 0.29) is 5.75 Å². The largest absolute Gasteiger partial charge is 0.330 e. The maximum atomic E-state index is 11.3. The number of hydrogen-bond acceptors (Lipinski definition) is 7. The van der Waals surface area contributed by atoms with Gasteiger partial charge in [-0.05, 0) is 19.1 Å². The smallest absolute Gasteiger partial charge is 0.211 e. The number of rotatable bonds is 8. The van der Waals surface area contributed by atoms with Gasteiger partial charge in [0.25, 0.3) is 0 Å². The Kier molecular flexibility index (Phi) is 5.97. The van der Waals surface area contributed by atoms with Crippen molar-refractivity contribution in [2.75, 3.05) is 23.4 Å². The van der Waals surface area contributed by atoms with Crippen LogP contribution in [-0.2, 0) is 10.0 Å². The first-order valence-corrected chi connectivity index (χ1v) is 9.80. The fourth-order valence-corrected chi connectivity index (χ4v) is 3.84.